The quantitative estimate of drug-likeness (QED) is 0.706. The highest BCUT2D eigenvalue weighted by molar-refractivity contribution is 6.03. The Labute approximate surface area is 181 Å². The Hall–Kier alpha value is -2.45. The number of nitrogens with zero attached hydrogens (tertiary/aromatic N) is 4. The van der Waals surface area contributed by atoms with Crippen LogP contribution >= 0.6 is 0 Å². The maximum Gasteiger partial charge on any atom is 0.235 e. The van der Waals surface area contributed by atoms with E-state index in [0.29, 0.717) is 12.8 Å². The molecule has 4 aliphatic rings. The maximum absolute atomic E-state index is 12.4. The zero-order chi connectivity index (χ0) is 21.1. The number of nitrogens with one attached hydrogen (secondary N) is 2. The minimum absolute atomic E-state index is 0.189. The summed E-state index contributed by atoms with van der Waals surface area (Å²) >= 11 is 0. The molecule has 2 amide bonds. The van der Waals surface area contributed by atoms with Crippen molar-refractivity contribution in [2.75, 3.05) is 50.7 Å². The Kier molecular flexibility index (Phi) is 4.54. The molecule has 1 aromatic carbocycles. The van der Waals surface area contributed by atoms with E-state index in [0.717, 1.165) is 60.5 Å². The summed E-state index contributed by atoms with van der Waals surface area (Å²) in [5.41, 5.74) is 3.06. The van der Waals surface area contributed by atoms with Crippen LogP contribution in [0.4, 0.5) is 5.69 Å². The SMILES string of the molecule is Cn1nc(C2CCC(=O)NC2=O)c2cccc(N3CCN(CC4C5CNCC54)CC3)c21. The molecule has 1 aromatic heterocycles. The first kappa shape index (κ1) is 19.3. The minimum atomic E-state index is -0.360. The number of fused-ring (bicyclic) bond motifs is 2. The maximum atomic E-state index is 12.4. The van der Waals surface area contributed by atoms with Gasteiger partial charge in [0.2, 0.25) is 11.8 Å². The first-order valence-electron chi connectivity index (χ1n) is 11.6. The van der Waals surface area contributed by atoms with Gasteiger partial charge in [-0.25, -0.2) is 0 Å². The summed E-state index contributed by atoms with van der Waals surface area (Å²) in [6, 6.07) is 6.30. The lowest BCUT2D eigenvalue weighted by atomic mass is 9.92. The van der Waals surface area contributed by atoms with Gasteiger partial charge in [0.1, 0.15) is 0 Å². The standard InChI is InChI=1S/C23H30N6O2/c1-27-22-14(21(26-27)15-5-6-20(30)25-23(15)31)3-2-4-19(22)29-9-7-28(8-10-29)13-18-16-11-24-12-17(16)18/h2-4,15-18,24H,5-13H2,1H3,(H,25,30,31). The van der Waals surface area contributed by atoms with Crippen LogP contribution in [-0.2, 0) is 16.6 Å². The van der Waals surface area contributed by atoms with Crippen molar-refractivity contribution in [3.63, 3.8) is 0 Å². The average Bonchev–Trinajstić information content (AvgIpc) is 3.09. The highest BCUT2D eigenvalue weighted by Crippen LogP contribution is 2.49. The number of hydrogen-bond donors (Lipinski definition) is 2. The summed E-state index contributed by atoms with van der Waals surface area (Å²) in [6.45, 7) is 7.90. The Morgan fingerprint density at radius 1 is 1.10 bits per heavy atom. The lowest BCUT2D eigenvalue weighted by molar-refractivity contribution is -0.134. The van der Waals surface area contributed by atoms with Gasteiger partial charge in [0.05, 0.1) is 22.8 Å². The minimum Gasteiger partial charge on any atom is -0.367 e. The van der Waals surface area contributed by atoms with Gasteiger partial charge in [-0.2, -0.15) is 5.10 Å². The molecule has 4 heterocycles. The van der Waals surface area contributed by atoms with Crippen LogP contribution in [0.15, 0.2) is 18.2 Å². The number of carbonyl (C=O) groups is 2. The van der Waals surface area contributed by atoms with Gasteiger partial charge in [-0.3, -0.25) is 24.5 Å². The van der Waals surface area contributed by atoms with Crippen LogP contribution in [0.5, 0.6) is 0 Å². The molecule has 2 N–H and O–H groups in total. The highest BCUT2D eigenvalue weighted by atomic mass is 16.2. The van der Waals surface area contributed by atoms with E-state index in [1.165, 1.54) is 25.3 Å². The van der Waals surface area contributed by atoms with Crippen molar-refractivity contribution in [2.45, 2.75) is 18.8 Å². The van der Waals surface area contributed by atoms with Crippen molar-refractivity contribution in [1.29, 1.82) is 0 Å². The molecule has 6 rings (SSSR count). The molecule has 31 heavy (non-hydrogen) atoms. The Balaban J connectivity index is 1.20. The normalized spacial score (nSPS) is 31.2. The monoisotopic (exact) mass is 422 g/mol. The van der Waals surface area contributed by atoms with Crippen molar-refractivity contribution >= 4 is 28.4 Å². The molecular weight excluding hydrogens is 392 g/mol. The van der Waals surface area contributed by atoms with Crippen molar-refractivity contribution in [3.8, 4) is 0 Å². The van der Waals surface area contributed by atoms with Gasteiger partial charge in [0, 0.05) is 51.6 Å². The van der Waals surface area contributed by atoms with Crippen molar-refractivity contribution in [3.05, 3.63) is 23.9 Å². The van der Waals surface area contributed by atoms with Crippen molar-refractivity contribution in [1.82, 2.24) is 25.3 Å². The highest BCUT2D eigenvalue weighted by Gasteiger charge is 2.52. The van der Waals surface area contributed by atoms with E-state index in [1.807, 2.05) is 11.7 Å². The number of aromatic nitrogens is 2. The average molecular weight is 423 g/mol. The molecule has 0 spiro atoms. The number of anilines is 1. The van der Waals surface area contributed by atoms with Crippen LogP contribution in [0.3, 0.4) is 0 Å². The van der Waals surface area contributed by atoms with Crippen LogP contribution in [0.25, 0.3) is 10.9 Å². The fourth-order valence-corrected chi connectivity index (χ4v) is 6.10. The topological polar surface area (TPSA) is 82.5 Å². The molecule has 0 radical (unpaired) electrons. The smallest absolute Gasteiger partial charge is 0.235 e. The predicted octanol–water partition coefficient (Wildman–Crippen LogP) is 0.681. The molecule has 4 fully saturated rings. The van der Waals surface area contributed by atoms with Crippen molar-refractivity contribution in [2.24, 2.45) is 24.8 Å². The second-order valence-electron chi connectivity index (χ2n) is 9.62. The lowest BCUT2D eigenvalue weighted by Gasteiger charge is -2.36. The summed E-state index contributed by atoms with van der Waals surface area (Å²) < 4.78 is 1.91. The van der Waals surface area contributed by atoms with Crippen LogP contribution < -0.4 is 15.5 Å². The molecule has 3 saturated heterocycles. The van der Waals surface area contributed by atoms with Crippen LogP contribution in [0.1, 0.15) is 24.5 Å². The number of hydrogen-bond acceptors (Lipinski definition) is 6. The third-order valence-electron chi connectivity index (χ3n) is 7.89. The summed E-state index contributed by atoms with van der Waals surface area (Å²) in [6.07, 6.45) is 0.896. The second kappa shape index (κ2) is 7.31. The van der Waals surface area contributed by atoms with E-state index in [1.54, 1.807) is 0 Å². The molecule has 164 valence electrons. The number of carbonyl (C=O) groups excluding carboxylic acids is 2. The van der Waals surface area contributed by atoms with E-state index in [4.69, 9.17) is 5.10 Å². The molecule has 0 bridgehead atoms. The summed E-state index contributed by atoms with van der Waals surface area (Å²) in [4.78, 5) is 29.1. The van der Waals surface area contributed by atoms with Crippen LogP contribution in [0, 0.1) is 17.8 Å². The molecule has 3 atom stereocenters. The summed E-state index contributed by atoms with van der Waals surface area (Å²) in [7, 11) is 1.96. The summed E-state index contributed by atoms with van der Waals surface area (Å²) in [5.74, 6) is 1.98. The fraction of sp³-hybridized carbons (Fsp3) is 0.609. The van der Waals surface area contributed by atoms with Gasteiger partial charge in [0.15, 0.2) is 0 Å². The Morgan fingerprint density at radius 2 is 1.87 bits per heavy atom. The molecule has 8 nitrogen and oxygen atoms in total. The number of amides is 2. The molecule has 3 unspecified atom stereocenters. The number of piperazine rings is 1. The van der Waals surface area contributed by atoms with Gasteiger partial charge in [0.25, 0.3) is 0 Å². The lowest BCUT2D eigenvalue weighted by Crippen LogP contribution is -2.47. The molecule has 8 heteroatoms. The summed E-state index contributed by atoms with van der Waals surface area (Å²) in [5, 5.41) is 11.7. The van der Waals surface area contributed by atoms with E-state index in [-0.39, 0.29) is 17.7 Å². The molecule has 3 aliphatic heterocycles. The first-order valence-corrected chi connectivity index (χ1v) is 11.6. The molecule has 1 saturated carbocycles. The number of piperidine rings is 2. The number of para-hydroxylation sites is 1. The Morgan fingerprint density at radius 3 is 2.61 bits per heavy atom. The van der Waals surface area contributed by atoms with E-state index < -0.39 is 0 Å². The number of benzene rings is 1. The number of imide groups is 1. The third kappa shape index (κ3) is 3.24. The third-order valence-corrected chi connectivity index (χ3v) is 7.89. The van der Waals surface area contributed by atoms with Gasteiger partial charge in [-0.1, -0.05) is 12.1 Å². The molecular formula is C23H30N6O2. The fourth-order valence-electron chi connectivity index (χ4n) is 6.10. The molecule has 2 aromatic rings. The van der Waals surface area contributed by atoms with E-state index in [9.17, 15) is 9.59 Å². The zero-order valence-corrected chi connectivity index (χ0v) is 18.0. The Bertz CT molecular complexity index is 1030. The predicted molar refractivity (Wildman–Crippen MR) is 118 cm³/mol. The van der Waals surface area contributed by atoms with Crippen molar-refractivity contribution < 1.29 is 9.59 Å². The van der Waals surface area contributed by atoms with E-state index in [2.05, 4.69) is 38.6 Å². The first-order chi connectivity index (χ1) is 15.1. The largest absolute Gasteiger partial charge is 0.367 e. The zero-order valence-electron chi connectivity index (χ0n) is 18.0. The van der Waals surface area contributed by atoms with Gasteiger partial charge in [-0.15, -0.1) is 0 Å². The van der Waals surface area contributed by atoms with Gasteiger partial charge in [-0.05, 0) is 43.3 Å². The van der Waals surface area contributed by atoms with E-state index >= 15 is 0 Å². The molecule has 1 aliphatic carbocycles. The van der Waals surface area contributed by atoms with Gasteiger partial charge >= 0.3 is 0 Å². The van der Waals surface area contributed by atoms with Gasteiger partial charge < -0.3 is 10.2 Å². The number of rotatable bonds is 4. The number of aryl methyl sites for hydroxylation is 1. The van der Waals surface area contributed by atoms with Crippen LogP contribution in [-0.4, -0.2) is 72.3 Å². The second-order valence-corrected chi connectivity index (χ2v) is 9.62. The van der Waals surface area contributed by atoms with Crippen LogP contribution in [0.2, 0.25) is 0 Å².